The van der Waals surface area contributed by atoms with Crippen molar-refractivity contribution in [2.75, 3.05) is 13.7 Å². The van der Waals surface area contributed by atoms with Crippen molar-refractivity contribution in [2.24, 2.45) is 0 Å². The standard InChI is InChI=1S/C7H9F2NO4/c1-14-5(11)4-2-7(8,9)3-10(4)6(12)13/h4H,2-3H2,1H3,(H,12,13)/t4-/m0/s1. The Morgan fingerprint density at radius 1 is 1.57 bits per heavy atom. The third kappa shape index (κ3) is 1.91. The van der Waals surface area contributed by atoms with Crippen LogP contribution < -0.4 is 0 Å². The van der Waals surface area contributed by atoms with Gasteiger partial charge in [0, 0.05) is 6.42 Å². The number of methoxy groups -OCH3 is 1. The molecular formula is C7H9F2NO4. The fourth-order valence-electron chi connectivity index (χ4n) is 1.36. The molecule has 1 fully saturated rings. The molecule has 1 saturated heterocycles. The van der Waals surface area contributed by atoms with Crippen LogP contribution in [0.3, 0.4) is 0 Å². The number of halogens is 2. The molecule has 1 heterocycles. The molecule has 1 rings (SSSR count). The molecule has 1 amide bonds. The van der Waals surface area contributed by atoms with Crippen LogP contribution in [0.15, 0.2) is 0 Å². The molecule has 0 aliphatic carbocycles. The Bertz CT molecular complexity index is 268. The van der Waals surface area contributed by atoms with Crippen molar-refractivity contribution in [3.05, 3.63) is 0 Å². The molecular weight excluding hydrogens is 200 g/mol. The zero-order valence-corrected chi connectivity index (χ0v) is 7.37. The highest BCUT2D eigenvalue weighted by Crippen LogP contribution is 2.32. The summed E-state index contributed by atoms with van der Waals surface area (Å²) in [5.41, 5.74) is 0. The third-order valence-electron chi connectivity index (χ3n) is 1.99. The molecule has 0 unspecified atom stereocenters. The van der Waals surface area contributed by atoms with E-state index in [0.29, 0.717) is 4.90 Å². The third-order valence-corrected chi connectivity index (χ3v) is 1.99. The minimum atomic E-state index is -3.16. The minimum Gasteiger partial charge on any atom is -0.467 e. The fraction of sp³-hybridized carbons (Fsp3) is 0.714. The second-order valence-electron chi connectivity index (χ2n) is 3.01. The molecule has 1 atom stereocenters. The number of carboxylic acid groups (broad SMARTS) is 1. The Labute approximate surface area is 78.2 Å². The van der Waals surface area contributed by atoms with E-state index in [2.05, 4.69) is 4.74 Å². The van der Waals surface area contributed by atoms with E-state index in [1.165, 1.54) is 0 Å². The van der Waals surface area contributed by atoms with Crippen LogP contribution in [0.2, 0.25) is 0 Å². The van der Waals surface area contributed by atoms with E-state index in [-0.39, 0.29) is 0 Å². The normalized spacial score (nSPS) is 24.8. The average molecular weight is 209 g/mol. The predicted molar refractivity (Wildman–Crippen MR) is 40.1 cm³/mol. The quantitative estimate of drug-likeness (QED) is 0.640. The van der Waals surface area contributed by atoms with Crippen LogP contribution >= 0.6 is 0 Å². The van der Waals surface area contributed by atoms with Crippen LogP contribution in [0.1, 0.15) is 6.42 Å². The number of esters is 1. The van der Waals surface area contributed by atoms with E-state index >= 15 is 0 Å². The number of rotatable bonds is 1. The molecule has 14 heavy (non-hydrogen) atoms. The van der Waals surface area contributed by atoms with E-state index in [1.807, 2.05) is 0 Å². The van der Waals surface area contributed by atoms with E-state index in [4.69, 9.17) is 5.11 Å². The van der Waals surface area contributed by atoms with E-state index in [9.17, 15) is 18.4 Å². The van der Waals surface area contributed by atoms with Gasteiger partial charge in [0.15, 0.2) is 0 Å². The van der Waals surface area contributed by atoms with Crippen molar-refractivity contribution in [3.8, 4) is 0 Å². The predicted octanol–water partition coefficient (Wildman–Crippen LogP) is 0.547. The maximum Gasteiger partial charge on any atom is 0.408 e. The van der Waals surface area contributed by atoms with Crippen molar-refractivity contribution in [1.82, 2.24) is 4.90 Å². The molecule has 0 aromatic heterocycles. The second-order valence-corrected chi connectivity index (χ2v) is 3.01. The molecule has 1 aliphatic heterocycles. The van der Waals surface area contributed by atoms with Crippen molar-refractivity contribution >= 4 is 12.1 Å². The summed E-state index contributed by atoms with van der Waals surface area (Å²) in [7, 11) is 1.03. The molecule has 0 radical (unpaired) electrons. The lowest BCUT2D eigenvalue weighted by molar-refractivity contribution is -0.145. The zero-order valence-electron chi connectivity index (χ0n) is 7.37. The largest absolute Gasteiger partial charge is 0.467 e. The number of nitrogens with zero attached hydrogens (tertiary/aromatic N) is 1. The molecule has 0 spiro atoms. The van der Waals surface area contributed by atoms with Gasteiger partial charge in [-0.1, -0.05) is 0 Å². The molecule has 1 aliphatic rings. The number of carbonyl (C=O) groups excluding carboxylic acids is 1. The highest BCUT2D eigenvalue weighted by molar-refractivity contribution is 5.81. The number of ether oxygens (including phenoxy) is 1. The van der Waals surface area contributed by atoms with Gasteiger partial charge in [0.1, 0.15) is 6.04 Å². The summed E-state index contributed by atoms with van der Waals surface area (Å²) in [6, 6.07) is -1.40. The van der Waals surface area contributed by atoms with Gasteiger partial charge in [-0.25, -0.2) is 18.4 Å². The molecule has 1 N–H and O–H groups in total. The summed E-state index contributed by atoms with van der Waals surface area (Å²) >= 11 is 0. The minimum absolute atomic E-state index is 0.395. The summed E-state index contributed by atoms with van der Waals surface area (Å²) in [6.45, 7) is -0.956. The SMILES string of the molecule is COC(=O)[C@@H]1CC(F)(F)CN1C(=O)O. The summed E-state index contributed by atoms with van der Waals surface area (Å²) in [4.78, 5) is 21.9. The molecule has 7 heteroatoms. The zero-order chi connectivity index (χ0) is 10.9. The molecule has 80 valence electrons. The van der Waals surface area contributed by atoms with Crippen LogP contribution in [0.25, 0.3) is 0 Å². The maximum absolute atomic E-state index is 12.8. The van der Waals surface area contributed by atoms with Gasteiger partial charge in [-0.3, -0.25) is 4.90 Å². The molecule has 0 bridgehead atoms. The Morgan fingerprint density at radius 3 is 2.57 bits per heavy atom. The van der Waals surface area contributed by atoms with Gasteiger partial charge in [0.25, 0.3) is 5.92 Å². The first-order chi connectivity index (χ1) is 6.37. The van der Waals surface area contributed by atoms with E-state index < -0.39 is 37.0 Å². The number of hydrogen-bond acceptors (Lipinski definition) is 3. The number of amides is 1. The van der Waals surface area contributed by atoms with Gasteiger partial charge in [-0.2, -0.15) is 0 Å². The first-order valence-electron chi connectivity index (χ1n) is 3.82. The van der Waals surface area contributed by atoms with Crippen molar-refractivity contribution in [2.45, 2.75) is 18.4 Å². The van der Waals surface area contributed by atoms with Crippen molar-refractivity contribution in [1.29, 1.82) is 0 Å². The van der Waals surface area contributed by atoms with Crippen LogP contribution in [0, 0.1) is 0 Å². The lowest BCUT2D eigenvalue weighted by Crippen LogP contribution is -2.40. The van der Waals surface area contributed by atoms with Crippen LogP contribution in [-0.4, -0.2) is 47.7 Å². The topological polar surface area (TPSA) is 66.8 Å². The van der Waals surface area contributed by atoms with Gasteiger partial charge in [0.05, 0.1) is 13.7 Å². The molecule has 0 aromatic carbocycles. The Balaban J connectivity index is 2.83. The summed E-state index contributed by atoms with van der Waals surface area (Å²) in [5.74, 6) is -4.11. The summed E-state index contributed by atoms with van der Waals surface area (Å²) in [6.07, 6.45) is -2.36. The Hall–Kier alpha value is -1.40. The van der Waals surface area contributed by atoms with Gasteiger partial charge < -0.3 is 9.84 Å². The van der Waals surface area contributed by atoms with Gasteiger partial charge in [-0.15, -0.1) is 0 Å². The monoisotopic (exact) mass is 209 g/mol. The Morgan fingerprint density at radius 2 is 2.14 bits per heavy atom. The molecule has 5 nitrogen and oxygen atoms in total. The second kappa shape index (κ2) is 3.39. The van der Waals surface area contributed by atoms with E-state index in [1.54, 1.807) is 0 Å². The number of likely N-dealkylation sites (tertiary alicyclic amines) is 1. The average Bonchev–Trinajstić information content (AvgIpc) is 2.40. The highest BCUT2D eigenvalue weighted by Gasteiger charge is 2.50. The molecule has 0 aromatic rings. The smallest absolute Gasteiger partial charge is 0.408 e. The van der Waals surface area contributed by atoms with E-state index in [0.717, 1.165) is 7.11 Å². The highest BCUT2D eigenvalue weighted by atomic mass is 19.3. The Kier molecular flexibility index (Phi) is 2.59. The van der Waals surface area contributed by atoms with Crippen LogP contribution in [0.4, 0.5) is 13.6 Å². The summed E-state index contributed by atoms with van der Waals surface area (Å²) < 4.78 is 29.8. The summed E-state index contributed by atoms with van der Waals surface area (Å²) in [5, 5.41) is 8.55. The molecule has 0 saturated carbocycles. The van der Waals surface area contributed by atoms with Crippen LogP contribution in [-0.2, 0) is 9.53 Å². The van der Waals surface area contributed by atoms with Crippen molar-refractivity contribution in [3.63, 3.8) is 0 Å². The lowest BCUT2D eigenvalue weighted by Gasteiger charge is -2.17. The lowest BCUT2D eigenvalue weighted by atomic mass is 10.2. The fourth-order valence-corrected chi connectivity index (χ4v) is 1.36. The number of hydrogen-bond donors (Lipinski definition) is 1. The van der Waals surface area contributed by atoms with Crippen molar-refractivity contribution < 1.29 is 28.2 Å². The number of alkyl halides is 2. The first-order valence-corrected chi connectivity index (χ1v) is 3.82. The maximum atomic E-state index is 12.8. The van der Waals surface area contributed by atoms with Gasteiger partial charge >= 0.3 is 12.1 Å². The first kappa shape index (κ1) is 10.7. The number of carbonyl (C=O) groups is 2. The van der Waals surface area contributed by atoms with Crippen LogP contribution in [0.5, 0.6) is 0 Å². The van der Waals surface area contributed by atoms with Gasteiger partial charge in [0.2, 0.25) is 0 Å². The van der Waals surface area contributed by atoms with Gasteiger partial charge in [-0.05, 0) is 0 Å².